The van der Waals surface area contributed by atoms with E-state index in [9.17, 15) is 40.4 Å². The van der Waals surface area contributed by atoms with E-state index in [-0.39, 0.29) is 17.7 Å². The van der Waals surface area contributed by atoms with E-state index in [1.807, 2.05) is 12.1 Å². The Hall–Kier alpha value is -3.24. The third-order valence-corrected chi connectivity index (χ3v) is 7.00. The van der Waals surface area contributed by atoms with Crippen LogP contribution in [0, 0.1) is 16.6 Å². The van der Waals surface area contributed by atoms with E-state index in [4.69, 9.17) is 0 Å². The van der Waals surface area contributed by atoms with Gasteiger partial charge in [0.05, 0.1) is 11.1 Å². The van der Waals surface area contributed by atoms with Crippen LogP contribution >= 0.6 is 0 Å². The number of rotatable bonds is 6. The summed E-state index contributed by atoms with van der Waals surface area (Å²) in [4.78, 5) is 23.5. The Kier molecular flexibility index (Phi) is 9.90. The lowest BCUT2D eigenvalue weighted by atomic mass is 9.78. The lowest BCUT2D eigenvalue weighted by Crippen LogP contribution is -2.28. The highest BCUT2D eigenvalue weighted by Crippen LogP contribution is 2.38. The maximum atomic E-state index is 13.1. The summed E-state index contributed by atoms with van der Waals surface area (Å²) in [6.45, 7) is 0.282. The molecule has 0 aromatic heterocycles. The first-order valence-electron chi connectivity index (χ1n) is 12.5. The van der Waals surface area contributed by atoms with Crippen molar-refractivity contribution < 1.29 is 35.5 Å². The molecule has 2 aromatic rings. The highest BCUT2D eigenvalue weighted by molar-refractivity contribution is 5.92. The molecule has 0 saturated heterocycles. The monoisotopic (exact) mass is 558 g/mol. The van der Waals surface area contributed by atoms with Crippen LogP contribution in [0.3, 0.4) is 0 Å². The fraction of sp³-hybridized carbons (Fsp3) is 0.464. The van der Waals surface area contributed by atoms with E-state index >= 15 is 0 Å². The van der Waals surface area contributed by atoms with Gasteiger partial charge in [-0.15, -0.1) is 0 Å². The van der Waals surface area contributed by atoms with Crippen LogP contribution in [0.2, 0.25) is 0 Å². The lowest BCUT2D eigenvalue weighted by molar-refractivity contribution is -0.143. The number of hydrogen-bond acceptors (Lipinski definition) is 4. The molecule has 2 aliphatic rings. The summed E-state index contributed by atoms with van der Waals surface area (Å²) in [6.07, 6.45) is -1.59. The van der Waals surface area contributed by atoms with Crippen LogP contribution in [0.25, 0.3) is 0 Å². The molecular weight excluding hydrogens is 529 g/mol. The zero-order valence-electron chi connectivity index (χ0n) is 21.3. The summed E-state index contributed by atoms with van der Waals surface area (Å²) in [5, 5.41) is 2.27. The number of nitrogens with zero attached hydrogens (tertiary/aromatic N) is 2. The SMILES string of the molecule is CN(CC1CCCC(c2ccc(F)cc2)C1)C1=CC(=O)CC1.O=NCc1cc(C(F)(F)F)cc(C(F)(F)F)c1. The number of carbonyl (C=O) groups excluding carboxylic acids is 1. The van der Waals surface area contributed by atoms with Gasteiger partial charge in [0.15, 0.2) is 5.78 Å². The van der Waals surface area contributed by atoms with Gasteiger partial charge in [-0.25, -0.2) is 4.39 Å². The largest absolute Gasteiger partial charge is 0.416 e. The zero-order chi connectivity index (χ0) is 28.8. The first-order valence-corrected chi connectivity index (χ1v) is 12.5. The van der Waals surface area contributed by atoms with Crippen molar-refractivity contribution in [3.63, 3.8) is 0 Å². The fourth-order valence-electron chi connectivity index (χ4n) is 5.07. The minimum Gasteiger partial charge on any atom is -0.377 e. The van der Waals surface area contributed by atoms with Crippen LogP contribution in [-0.2, 0) is 23.7 Å². The molecule has 2 unspecified atom stereocenters. The van der Waals surface area contributed by atoms with E-state index in [0.29, 0.717) is 30.4 Å². The van der Waals surface area contributed by atoms with Gasteiger partial charge in [0.25, 0.3) is 0 Å². The number of alkyl halides is 6. The molecule has 0 aliphatic heterocycles. The van der Waals surface area contributed by atoms with Crippen molar-refractivity contribution in [2.24, 2.45) is 11.1 Å². The molecule has 0 spiro atoms. The van der Waals surface area contributed by atoms with Gasteiger partial charge in [0.2, 0.25) is 0 Å². The molecular formula is C28H29F7N2O2. The Balaban J connectivity index is 0.000000224. The van der Waals surface area contributed by atoms with E-state index in [2.05, 4.69) is 17.1 Å². The number of nitroso groups, excluding NO2 is 1. The summed E-state index contributed by atoms with van der Waals surface area (Å²) in [6, 6.07) is 7.94. The quantitative estimate of drug-likeness (QED) is 0.265. The Labute approximate surface area is 221 Å². The summed E-state index contributed by atoms with van der Waals surface area (Å²) >= 11 is 0. The molecule has 212 valence electrons. The first kappa shape index (κ1) is 30.3. The van der Waals surface area contributed by atoms with E-state index in [1.165, 1.54) is 30.5 Å². The fourth-order valence-corrected chi connectivity index (χ4v) is 5.07. The molecule has 4 rings (SSSR count). The van der Waals surface area contributed by atoms with Gasteiger partial charge in [-0.3, -0.25) is 4.79 Å². The summed E-state index contributed by atoms with van der Waals surface area (Å²) in [5.41, 5.74) is -0.878. The number of allylic oxidation sites excluding steroid dienone is 2. The molecule has 2 atom stereocenters. The van der Waals surface area contributed by atoms with Crippen LogP contribution in [0.4, 0.5) is 30.7 Å². The van der Waals surface area contributed by atoms with Gasteiger partial charge in [-0.1, -0.05) is 23.7 Å². The van der Waals surface area contributed by atoms with E-state index in [0.717, 1.165) is 19.4 Å². The Morgan fingerprint density at radius 1 is 0.923 bits per heavy atom. The standard InChI is InChI=1S/C19H24FNO.C9H5F6NO/c1-21(18-9-10-19(22)12-18)13-14-3-2-4-16(11-14)15-5-7-17(20)8-6-15;10-8(11,12)6-1-5(4-16-17)2-7(3-6)9(13,14)15/h5-8,12,14,16H,2-4,9-11,13H2,1H3;1-3H,4H2. The van der Waals surface area contributed by atoms with Crippen molar-refractivity contribution in [2.75, 3.05) is 13.6 Å². The highest BCUT2D eigenvalue weighted by Gasteiger charge is 2.36. The minimum absolute atomic E-state index is 0.00565. The van der Waals surface area contributed by atoms with Crippen LogP contribution in [0.5, 0.6) is 0 Å². The van der Waals surface area contributed by atoms with Gasteiger partial charge in [-0.05, 0) is 79.0 Å². The second-order valence-electron chi connectivity index (χ2n) is 9.96. The van der Waals surface area contributed by atoms with Gasteiger partial charge >= 0.3 is 12.4 Å². The molecule has 1 saturated carbocycles. The molecule has 0 radical (unpaired) electrons. The molecule has 1 fully saturated rings. The van der Waals surface area contributed by atoms with Crippen LogP contribution in [0.1, 0.15) is 66.7 Å². The Morgan fingerprint density at radius 2 is 1.54 bits per heavy atom. The van der Waals surface area contributed by atoms with Crippen molar-refractivity contribution in [3.8, 4) is 0 Å². The second-order valence-corrected chi connectivity index (χ2v) is 9.96. The molecule has 2 aliphatic carbocycles. The lowest BCUT2D eigenvalue weighted by Gasteiger charge is -2.33. The van der Waals surface area contributed by atoms with E-state index < -0.39 is 35.6 Å². The minimum atomic E-state index is -4.90. The smallest absolute Gasteiger partial charge is 0.377 e. The number of benzene rings is 2. The molecule has 0 amide bonds. The van der Waals surface area contributed by atoms with Crippen molar-refractivity contribution in [2.45, 2.75) is 63.3 Å². The summed E-state index contributed by atoms with van der Waals surface area (Å²) in [5.74, 6) is 1.31. The third kappa shape index (κ3) is 8.90. The predicted octanol–water partition coefficient (Wildman–Crippen LogP) is 8.27. The average Bonchev–Trinajstić information content (AvgIpc) is 3.30. The Morgan fingerprint density at radius 3 is 2.05 bits per heavy atom. The van der Waals surface area contributed by atoms with Crippen molar-refractivity contribution in [3.05, 3.63) is 87.2 Å². The number of carbonyl (C=O) groups is 1. The van der Waals surface area contributed by atoms with Crippen LogP contribution in [-0.4, -0.2) is 24.3 Å². The molecule has 4 nitrogen and oxygen atoms in total. The van der Waals surface area contributed by atoms with Gasteiger partial charge in [0.1, 0.15) is 12.4 Å². The van der Waals surface area contributed by atoms with Gasteiger partial charge in [0, 0.05) is 31.8 Å². The second kappa shape index (κ2) is 12.7. The molecule has 0 bridgehead atoms. The maximum Gasteiger partial charge on any atom is 0.416 e. The van der Waals surface area contributed by atoms with Crippen LogP contribution in [0.15, 0.2) is 59.4 Å². The molecule has 39 heavy (non-hydrogen) atoms. The average molecular weight is 559 g/mol. The zero-order valence-corrected chi connectivity index (χ0v) is 21.3. The third-order valence-electron chi connectivity index (χ3n) is 7.00. The van der Waals surface area contributed by atoms with Crippen molar-refractivity contribution in [1.29, 1.82) is 0 Å². The highest BCUT2D eigenvalue weighted by atomic mass is 19.4. The first-order chi connectivity index (χ1) is 18.3. The molecule has 0 heterocycles. The van der Waals surface area contributed by atoms with Gasteiger partial charge < -0.3 is 4.90 Å². The molecule has 0 N–H and O–H groups in total. The normalized spacial score (nSPS) is 19.7. The topological polar surface area (TPSA) is 49.7 Å². The predicted molar refractivity (Wildman–Crippen MR) is 132 cm³/mol. The van der Waals surface area contributed by atoms with Crippen LogP contribution < -0.4 is 0 Å². The van der Waals surface area contributed by atoms with Crippen molar-refractivity contribution in [1.82, 2.24) is 4.90 Å². The number of halogens is 7. The maximum absolute atomic E-state index is 13.1. The summed E-state index contributed by atoms with van der Waals surface area (Å²) in [7, 11) is 2.10. The number of hydrogen-bond donors (Lipinski definition) is 0. The molecule has 2 aromatic carbocycles. The molecule has 11 heteroatoms. The van der Waals surface area contributed by atoms with Gasteiger partial charge in [-0.2, -0.15) is 31.2 Å². The number of ketones is 1. The van der Waals surface area contributed by atoms with Crippen molar-refractivity contribution >= 4 is 5.78 Å². The summed E-state index contributed by atoms with van der Waals surface area (Å²) < 4.78 is 86.9. The Bertz CT molecular complexity index is 1140. The van der Waals surface area contributed by atoms with E-state index in [1.54, 1.807) is 18.2 Å².